The number of esters is 1. The lowest BCUT2D eigenvalue weighted by atomic mass is 9.80. The van der Waals surface area contributed by atoms with Crippen molar-refractivity contribution in [3.05, 3.63) is 21.3 Å². The predicted molar refractivity (Wildman–Crippen MR) is 70.9 cm³/mol. The maximum atomic E-state index is 11.7. The molecule has 1 N–H and O–H groups in total. The molecule has 1 unspecified atom stereocenters. The van der Waals surface area contributed by atoms with Gasteiger partial charge in [-0.1, -0.05) is 0 Å². The minimum absolute atomic E-state index is 0. The first kappa shape index (κ1) is 12.9. The second-order valence-electron chi connectivity index (χ2n) is 5.57. The van der Waals surface area contributed by atoms with Crippen molar-refractivity contribution in [2.24, 2.45) is 0 Å². The Morgan fingerprint density at radius 1 is 1.44 bits per heavy atom. The van der Waals surface area contributed by atoms with Gasteiger partial charge in [-0.25, -0.2) is 4.79 Å². The van der Waals surface area contributed by atoms with E-state index in [0.717, 1.165) is 6.42 Å². The van der Waals surface area contributed by atoms with Crippen molar-refractivity contribution in [2.45, 2.75) is 43.4 Å². The van der Waals surface area contributed by atoms with E-state index in [9.17, 15) is 4.79 Å². The molecule has 4 atom stereocenters. The minimum atomic E-state index is -0.261. The number of ether oxygens (including phenoxy) is 1. The fourth-order valence-electron chi connectivity index (χ4n) is 4.23. The smallest absolute Gasteiger partial charge is 0.332 e. The highest BCUT2D eigenvalue weighted by Crippen LogP contribution is 2.48. The summed E-state index contributed by atoms with van der Waals surface area (Å²) >= 11 is 2.37. The Bertz CT molecular complexity index is 476. The Balaban J connectivity index is 0.000001000. The van der Waals surface area contributed by atoms with Crippen LogP contribution in [0.25, 0.3) is 0 Å². The van der Waals surface area contributed by atoms with Gasteiger partial charge in [-0.05, 0) is 41.5 Å². The Morgan fingerprint density at radius 2 is 2.28 bits per heavy atom. The van der Waals surface area contributed by atoms with Gasteiger partial charge in [0.2, 0.25) is 0 Å². The highest BCUT2D eigenvalue weighted by atomic mass is 127. The second kappa shape index (κ2) is 4.21. The first-order valence-corrected chi connectivity index (χ1v) is 7.47. The van der Waals surface area contributed by atoms with E-state index >= 15 is 0 Å². The molecule has 3 aliphatic heterocycles. The molecule has 4 aliphatic rings. The zero-order valence-corrected chi connectivity index (χ0v) is 12.8. The highest BCUT2D eigenvalue weighted by Gasteiger charge is 2.64. The molecule has 5 heteroatoms. The van der Waals surface area contributed by atoms with Crippen molar-refractivity contribution in [3.63, 3.8) is 0 Å². The van der Waals surface area contributed by atoms with Crippen molar-refractivity contribution in [2.75, 3.05) is 6.54 Å². The van der Waals surface area contributed by atoms with E-state index in [-0.39, 0.29) is 24.0 Å². The average molecular weight is 380 g/mol. The van der Waals surface area contributed by atoms with Gasteiger partial charge in [-0.3, -0.25) is 0 Å². The van der Waals surface area contributed by atoms with Gasteiger partial charge < -0.3 is 22.0 Å². The van der Waals surface area contributed by atoms with Gasteiger partial charge >= 0.3 is 5.97 Å². The number of hydrogen-bond donors (Lipinski definition) is 1. The fraction of sp³-hybridized carbons (Fsp3) is 0.615. The molecule has 98 valence electrons. The summed E-state index contributed by atoms with van der Waals surface area (Å²) in [4.78, 5) is 13.3. The van der Waals surface area contributed by atoms with Crippen LogP contribution in [0, 0.1) is 0 Å². The second-order valence-corrected chi connectivity index (χ2v) is 6.73. The third kappa shape index (κ3) is 1.48. The van der Waals surface area contributed by atoms with Gasteiger partial charge in [0.25, 0.3) is 0 Å². The van der Waals surface area contributed by atoms with Crippen LogP contribution in [0.4, 0.5) is 0 Å². The molecule has 1 aliphatic carbocycles. The van der Waals surface area contributed by atoms with E-state index in [1.54, 1.807) is 11.0 Å². The van der Waals surface area contributed by atoms with E-state index in [2.05, 4.69) is 28.7 Å². The molecule has 0 amide bonds. The third-order valence-corrected chi connectivity index (χ3v) is 5.76. The first-order valence-electron chi connectivity index (χ1n) is 6.39. The van der Waals surface area contributed by atoms with Crippen molar-refractivity contribution in [3.8, 4) is 0 Å². The maximum absolute atomic E-state index is 11.7. The molecule has 2 saturated heterocycles. The monoisotopic (exact) mass is 379 g/mol. The lowest BCUT2D eigenvalue weighted by molar-refractivity contribution is -0.937. The first-order chi connectivity index (χ1) is 8.21. The summed E-state index contributed by atoms with van der Waals surface area (Å²) in [5.74, 6) is -0.130. The van der Waals surface area contributed by atoms with E-state index in [4.69, 9.17) is 4.74 Å². The SMILES string of the molecule is O=C1C=C2C(I)=C[C@@H]3C[C@@]2(O1)[C@H]1CCCC[NH+]31.[Cl-]. The molecule has 4 rings (SSSR count). The van der Waals surface area contributed by atoms with Crippen LogP contribution in [0.15, 0.2) is 21.3 Å². The molecular formula is C13H15ClINO2. The van der Waals surface area contributed by atoms with Crippen LogP contribution < -0.4 is 17.3 Å². The maximum Gasteiger partial charge on any atom is 0.332 e. The number of halogens is 2. The van der Waals surface area contributed by atoms with Gasteiger partial charge in [0.15, 0.2) is 5.60 Å². The van der Waals surface area contributed by atoms with Gasteiger partial charge in [-0.15, -0.1) is 0 Å². The summed E-state index contributed by atoms with van der Waals surface area (Å²) in [5.41, 5.74) is 0.907. The van der Waals surface area contributed by atoms with Crippen LogP contribution in [0.3, 0.4) is 0 Å². The van der Waals surface area contributed by atoms with Crippen LogP contribution in [-0.4, -0.2) is 30.2 Å². The third-order valence-electron chi connectivity index (χ3n) is 4.82. The number of rotatable bonds is 0. The van der Waals surface area contributed by atoms with Gasteiger partial charge in [0.1, 0.15) is 12.1 Å². The van der Waals surface area contributed by atoms with Crippen molar-refractivity contribution >= 4 is 28.6 Å². The molecule has 1 spiro atoms. The van der Waals surface area contributed by atoms with Crippen LogP contribution in [0.5, 0.6) is 0 Å². The van der Waals surface area contributed by atoms with Crippen molar-refractivity contribution in [1.82, 2.24) is 0 Å². The number of fused-ring (bicyclic) bond motifs is 3. The molecule has 2 bridgehead atoms. The molecule has 0 aromatic heterocycles. The summed E-state index contributed by atoms with van der Waals surface area (Å²) in [6.45, 7) is 1.24. The number of piperidine rings is 1. The summed E-state index contributed by atoms with van der Waals surface area (Å²) in [6, 6.07) is 1.07. The molecule has 0 radical (unpaired) electrons. The zero-order valence-electron chi connectivity index (χ0n) is 9.92. The van der Waals surface area contributed by atoms with Gasteiger partial charge in [-0.2, -0.15) is 0 Å². The summed E-state index contributed by atoms with van der Waals surface area (Å²) in [7, 11) is 0. The van der Waals surface area contributed by atoms with E-state index in [1.165, 1.54) is 35.0 Å². The van der Waals surface area contributed by atoms with E-state index in [1.807, 2.05) is 0 Å². The number of quaternary nitrogens is 1. The van der Waals surface area contributed by atoms with Gasteiger partial charge in [0.05, 0.1) is 13.0 Å². The van der Waals surface area contributed by atoms with Crippen LogP contribution >= 0.6 is 22.6 Å². The Labute approximate surface area is 126 Å². The molecular weight excluding hydrogens is 365 g/mol. The van der Waals surface area contributed by atoms with Crippen molar-refractivity contribution < 1.29 is 26.8 Å². The molecule has 0 aromatic rings. The number of nitrogens with one attached hydrogen (secondary N) is 1. The average Bonchev–Trinajstić information content (AvgIpc) is 2.79. The molecule has 0 saturated carbocycles. The van der Waals surface area contributed by atoms with Crippen LogP contribution in [0.1, 0.15) is 25.7 Å². The molecule has 3 heterocycles. The molecule has 0 aromatic carbocycles. The zero-order chi connectivity index (χ0) is 11.6. The predicted octanol–water partition coefficient (Wildman–Crippen LogP) is -2.25. The highest BCUT2D eigenvalue weighted by molar-refractivity contribution is 14.1. The number of carbonyl (C=O) groups excluding carboxylic acids is 1. The fourth-order valence-corrected chi connectivity index (χ4v) is 5.28. The Kier molecular flexibility index (Phi) is 3.03. The van der Waals surface area contributed by atoms with Crippen LogP contribution in [0.2, 0.25) is 0 Å². The Hall–Kier alpha value is -0.0700. The van der Waals surface area contributed by atoms with Gasteiger partial charge in [0, 0.05) is 21.6 Å². The standard InChI is InChI=1S/C13H14INO2.ClH/c14-10-5-8-7-13(9(10)6-12(16)17-13)11-3-1-2-4-15(8)11;/h5-6,8,11H,1-4,7H2;1H/t8-,11-,13+;/m1./s1. The summed E-state index contributed by atoms with van der Waals surface area (Å²) in [6.07, 6.45) is 8.89. The summed E-state index contributed by atoms with van der Waals surface area (Å²) in [5, 5.41) is 0. The molecule has 3 nitrogen and oxygen atoms in total. The van der Waals surface area contributed by atoms with Crippen LogP contribution in [-0.2, 0) is 9.53 Å². The lowest BCUT2D eigenvalue weighted by Gasteiger charge is -2.35. The normalized spacial score (nSPS) is 44.3. The largest absolute Gasteiger partial charge is 1.00 e. The molecule has 18 heavy (non-hydrogen) atoms. The lowest BCUT2D eigenvalue weighted by Crippen LogP contribution is -3.18. The quantitative estimate of drug-likeness (QED) is 0.381. The molecule has 2 fully saturated rings. The summed E-state index contributed by atoms with van der Waals surface area (Å²) < 4.78 is 7.03. The topological polar surface area (TPSA) is 30.7 Å². The Morgan fingerprint density at radius 3 is 3.11 bits per heavy atom. The minimum Gasteiger partial charge on any atom is -1.00 e. The number of carbonyl (C=O) groups is 1. The number of hydrogen-bond acceptors (Lipinski definition) is 2. The van der Waals surface area contributed by atoms with E-state index < -0.39 is 0 Å². The van der Waals surface area contributed by atoms with Crippen molar-refractivity contribution in [1.29, 1.82) is 0 Å². The van der Waals surface area contributed by atoms with E-state index in [0.29, 0.717) is 12.1 Å².